The fourth-order valence-electron chi connectivity index (χ4n) is 2.79. The number of esters is 1. The highest BCUT2D eigenvalue weighted by Gasteiger charge is 2.29. The third-order valence-electron chi connectivity index (χ3n) is 4.00. The summed E-state index contributed by atoms with van der Waals surface area (Å²) in [4.78, 5) is 26.1. The predicted octanol–water partition coefficient (Wildman–Crippen LogP) is 1.62. The molecule has 2 aromatic rings. The average Bonchev–Trinajstić information content (AvgIpc) is 3.03. The molecule has 0 bridgehead atoms. The first-order valence-corrected chi connectivity index (χ1v) is 9.04. The summed E-state index contributed by atoms with van der Waals surface area (Å²) in [6.07, 6.45) is 3.48. The Bertz CT molecular complexity index is 733. The summed E-state index contributed by atoms with van der Waals surface area (Å²) in [5.41, 5.74) is 0.757. The molecule has 1 amide bonds. The summed E-state index contributed by atoms with van der Waals surface area (Å²) in [6.45, 7) is 3.30. The van der Waals surface area contributed by atoms with Gasteiger partial charge in [0.05, 0.1) is 18.3 Å². The number of carbonyl (C=O) groups is 2. The lowest BCUT2D eigenvalue weighted by Crippen LogP contribution is -2.43. The number of nitrogens with zero attached hydrogens (tertiary/aromatic N) is 4. The van der Waals surface area contributed by atoms with Crippen LogP contribution in [0, 0.1) is 5.92 Å². The van der Waals surface area contributed by atoms with Crippen LogP contribution in [0.4, 0.5) is 0 Å². The minimum absolute atomic E-state index is 0.0154. The maximum Gasteiger partial charge on any atom is 0.310 e. The summed E-state index contributed by atoms with van der Waals surface area (Å²) in [7, 11) is 0. The van der Waals surface area contributed by atoms with Gasteiger partial charge in [0.2, 0.25) is 5.91 Å². The molecule has 0 spiro atoms. The molecule has 0 unspecified atom stereocenters. The van der Waals surface area contributed by atoms with Crippen LogP contribution >= 0.6 is 11.8 Å². The fourth-order valence-corrected chi connectivity index (χ4v) is 3.62. The van der Waals surface area contributed by atoms with Crippen molar-refractivity contribution in [1.82, 2.24) is 19.5 Å². The van der Waals surface area contributed by atoms with Gasteiger partial charge in [0.25, 0.3) is 0 Å². The van der Waals surface area contributed by atoms with E-state index in [1.54, 1.807) is 11.8 Å². The van der Waals surface area contributed by atoms with E-state index in [0.717, 1.165) is 18.5 Å². The first-order valence-electron chi connectivity index (χ1n) is 8.06. The minimum atomic E-state index is -0.207. The second-order valence-electron chi connectivity index (χ2n) is 5.63. The van der Waals surface area contributed by atoms with E-state index in [-0.39, 0.29) is 23.5 Å². The molecule has 1 fully saturated rings. The van der Waals surface area contributed by atoms with Crippen LogP contribution in [0.1, 0.15) is 19.8 Å². The van der Waals surface area contributed by atoms with Crippen molar-refractivity contribution in [1.29, 1.82) is 0 Å². The smallest absolute Gasteiger partial charge is 0.310 e. The first-order chi connectivity index (χ1) is 11.7. The maximum atomic E-state index is 12.5. The topological polar surface area (TPSA) is 76.8 Å². The van der Waals surface area contributed by atoms with Gasteiger partial charge in [0.15, 0.2) is 10.8 Å². The zero-order chi connectivity index (χ0) is 16.9. The Balaban J connectivity index is 1.57. The molecule has 0 saturated carbocycles. The Morgan fingerprint density at radius 3 is 3.08 bits per heavy atom. The van der Waals surface area contributed by atoms with Crippen molar-refractivity contribution >= 4 is 29.3 Å². The van der Waals surface area contributed by atoms with Crippen LogP contribution < -0.4 is 0 Å². The molecule has 0 aliphatic carbocycles. The Labute approximate surface area is 144 Å². The SMILES string of the molecule is CCOC(=O)[C@H]1CCCN(C(=O)CSc2nnc3ccccn23)C1. The van der Waals surface area contributed by atoms with Gasteiger partial charge >= 0.3 is 5.97 Å². The Hall–Kier alpha value is -2.09. The van der Waals surface area contributed by atoms with E-state index in [1.165, 1.54) is 11.8 Å². The van der Waals surface area contributed by atoms with E-state index in [9.17, 15) is 9.59 Å². The van der Waals surface area contributed by atoms with Gasteiger partial charge in [-0.1, -0.05) is 17.8 Å². The van der Waals surface area contributed by atoms with E-state index < -0.39 is 0 Å². The van der Waals surface area contributed by atoms with Gasteiger partial charge in [-0.2, -0.15) is 0 Å². The van der Waals surface area contributed by atoms with Crippen LogP contribution in [0.5, 0.6) is 0 Å². The molecular weight excluding hydrogens is 328 g/mol. The molecule has 3 heterocycles. The second kappa shape index (κ2) is 7.65. The summed E-state index contributed by atoms with van der Waals surface area (Å²) >= 11 is 1.36. The summed E-state index contributed by atoms with van der Waals surface area (Å²) < 4.78 is 6.93. The first kappa shape index (κ1) is 16.8. The van der Waals surface area contributed by atoms with Gasteiger partial charge in [-0.05, 0) is 31.9 Å². The molecule has 7 nitrogen and oxygen atoms in total. The van der Waals surface area contributed by atoms with E-state index in [0.29, 0.717) is 24.9 Å². The third kappa shape index (κ3) is 3.69. The molecule has 24 heavy (non-hydrogen) atoms. The monoisotopic (exact) mass is 348 g/mol. The number of ether oxygens (including phenoxy) is 1. The van der Waals surface area contributed by atoms with Gasteiger partial charge in [0.1, 0.15) is 0 Å². The Morgan fingerprint density at radius 1 is 1.38 bits per heavy atom. The van der Waals surface area contributed by atoms with Crippen LogP contribution in [0.25, 0.3) is 5.65 Å². The second-order valence-corrected chi connectivity index (χ2v) is 6.57. The van der Waals surface area contributed by atoms with Crippen molar-refractivity contribution < 1.29 is 14.3 Å². The average molecular weight is 348 g/mol. The Kier molecular flexibility index (Phi) is 5.34. The highest BCUT2D eigenvalue weighted by atomic mass is 32.2. The standard InChI is InChI=1S/C16H20N4O3S/c1-2-23-15(22)12-6-5-8-19(10-12)14(21)11-24-16-18-17-13-7-3-4-9-20(13)16/h3-4,7,9,12H,2,5-6,8,10-11H2,1H3/t12-/m0/s1. The molecule has 1 aliphatic rings. The van der Waals surface area contributed by atoms with Gasteiger partial charge in [-0.25, -0.2) is 0 Å². The zero-order valence-corrected chi connectivity index (χ0v) is 14.4. The van der Waals surface area contributed by atoms with Crippen LogP contribution in [0.3, 0.4) is 0 Å². The summed E-state index contributed by atoms with van der Waals surface area (Å²) in [6, 6.07) is 5.66. The van der Waals surface area contributed by atoms with Crippen molar-refractivity contribution in [2.45, 2.75) is 24.9 Å². The van der Waals surface area contributed by atoms with Crippen molar-refractivity contribution in [3.63, 3.8) is 0 Å². The zero-order valence-electron chi connectivity index (χ0n) is 13.6. The highest BCUT2D eigenvalue weighted by molar-refractivity contribution is 7.99. The van der Waals surface area contributed by atoms with Gasteiger partial charge in [0, 0.05) is 19.3 Å². The maximum absolute atomic E-state index is 12.5. The van der Waals surface area contributed by atoms with E-state index in [2.05, 4.69) is 10.2 Å². The van der Waals surface area contributed by atoms with Crippen LogP contribution in [-0.4, -0.2) is 56.8 Å². The fraction of sp³-hybridized carbons (Fsp3) is 0.500. The van der Waals surface area contributed by atoms with E-state index in [1.807, 2.05) is 28.8 Å². The summed E-state index contributed by atoms with van der Waals surface area (Å²) in [5, 5.41) is 8.87. The molecule has 1 atom stereocenters. The number of pyridine rings is 1. The number of amides is 1. The molecule has 128 valence electrons. The third-order valence-corrected chi connectivity index (χ3v) is 4.93. The largest absolute Gasteiger partial charge is 0.466 e. The predicted molar refractivity (Wildman–Crippen MR) is 89.6 cm³/mol. The van der Waals surface area contributed by atoms with Crippen molar-refractivity contribution in [3.05, 3.63) is 24.4 Å². The molecule has 8 heteroatoms. The van der Waals surface area contributed by atoms with Crippen molar-refractivity contribution in [3.8, 4) is 0 Å². The molecule has 0 radical (unpaired) electrons. The number of hydrogen-bond donors (Lipinski definition) is 0. The normalized spacial score (nSPS) is 17.9. The van der Waals surface area contributed by atoms with Gasteiger partial charge in [-0.15, -0.1) is 10.2 Å². The minimum Gasteiger partial charge on any atom is -0.466 e. The van der Waals surface area contributed by atoms with Gasteiger partial charge < -0.3 is 9.64 Å². The molecule has 3 rings (SSSR count). The number of aromatic nitrogens is 3. The van der Waals surface area contributed by atoms with Crippen LogP contribution in [-0.2, 0) is 14.3 Å². The molecule has 1 saturated heterocycles. The quantitative estimate of drug-likeness (QED) is 0.604. The number of thioether (sulfide) groups is 1. The lowest BCUT2D eigenvalue weighted by Gasteiger charge is -2.31. The number of hydrogen-bond acceptors (Lipinski definition) is 6. The van der Waals surface area contributed by atoms with E-state index in [4.69, 9.17) is 4.74 Å². The van der Waals surface area contributed by atoms with Crippen molar-refractivity contribution in [2.75, 3.05) is 25.4 Å². The molecule has 0 aromatic carbocycles. The van der Waals surface area contributed by atoms with Crippen molar-refractivity contribution in [2.24, 2.45) is 5.92 Å². The number of piperidine rings is 1. The van der Waals surface area contributed by atoms with Gasteiger partial charge in [-0.3, -0.25) is 14.0 Å². The lowest BCUT2D eigenvalue weighted by atomic mass is 9.98. The molecule has 2 aromatic heterocycles. The number of fused-ring (bicyclic) bond motifs is 1. The van der Waals surface area contributed by atoms with Crippen LogP contribution in [0.2, 0.25) is 0 Å². The highest BCUT2D eigenvalue weighted by Crippen LogP contribution is 2.21. The lowest BCUT2D eigenvalue weighted by molar-refractivity contribution is -0.151. The molecule has 0 N–H and O–H groups in total. The molecule has 1 aliphatic heterocycles. The number of carbonyl (C=O) groups excluding carboxylic acids is 2. The van der Waals surface area contributed by atoms with Crippen LogP contribution in [0.15, 0.2) is 29.6 Å². The summed E-state index contributed by atoms with van der Waals surface area (Å²) in [5.74, 6) is -0.111. The van der Waals surface area contributed by atoms with E-state index >= 15 is 0 Å². The molecular formula is C16H20N4O3S. The number of rotatable bonds is 5. The Morgan fingerprint density at radius 2 is 2.25 bits per heavy atom. The number of likely N-dealkylation sites (tertiary alicyclic amines) is 1.